The SMILES string of the molecule is C=C(c1ccc(OC)cc1)c1cc(OC)cc(O[Si](C)(C)C(C)(C)C)c1. The van der Waals surface area contributed by atoms with Gasteiger partial charge >= 0.3 is 0 Å². The zero-order chi connectivity index (χ0) is 19.5. The molecule has 0 saturated carbocycles. The Morgan fingerprint density at radius 2 is 1.35 bits per heavy atom. The number of ether oxygens (including phenoxy) is 2. The predicted octanol–water partition coefficient (Wildman–Crippen LogP) is 6.15. The third-order valence-corrected chi connectivity index (χ3v) is 9.44. The second-order valence-corrected chi connectivity index (χ2v) is 12.7. The molecule has 0 radical (unpaired) electrons. The van der Waals surface area contributed by atoms with Crippen LogP contribution in [0.5, 0.6) is 17.2 Å². The monoisotopic (exact) mass is 370 g/mol. The van der Waals surface area contributed by atoms with Crippen LogP contribution in [0.1, 0.15) is 31.9 Å². The zero-order valence-electron chi connectivity index (χ0n) is 17.0. The molecule has 2 rings (SSSR count). The Labute approximate surface area is 158 Å². The van der Waals surface area contributed by atoms with Crippen molar-refractivity contribution in [2.24, 2.45) is 0 Å². The molecule has 0 N–H and O–H groups in total. The Morgan fingerprint density at radius 3 is 1.85 bits per heavy atom. The quantitative estimate of drug-likeness (QED) is 0.571. The minimum Gasteiger partial charge on any atom is -0.543 e. The van der Waals surface area contributed by atoms with Crippen molar-refractivity contribution >= 4 is 13.9 Å². The number of benzene rings is 2. The molecule has 0 unspecified atom stereocenters. The van der Waals surface area contributed by atoms with Gasteiger partial charge < -0.3 is 13.9 Å². The molecular formula is C22H30O3Si. The van der Waals surface area contributed by atoms with Crippen LogP contribution < -0.4 is 13.9 Å². The van der Waals surface area contributed by atoms with E-state index < -0.39 is 8.32 Å². The first kappa shape index (κ1) is 20.1. The van der Waals surface area contributed by atoms with Crippen LogP contribution in [0.2, 0.25) is 18.1 Å². The molecule has 3 nitrogen and oxygen atoms in total. The maximum atomic E-state index is 6.47. The molecule has 4 heteroatoms. The smallest absolute Gasteiger partial charge is 0.250 e. The molecule has 2 aromatic rings. The number of hydrogen-bond donors (Lipinski definition) is 0. The highest BCUT2D eigenvalue weighted by Crippen LogP contribution is 2.39. The van der Waals surface area contributed by atoms with Gasteiger partial charge in [-0.05, 0) is 59.1 Å². The van der Waals surface area contributed by atoms with Crippen LogP contribution >= 0.6 is 0 Å². The van der Waals surface area contributed by atoms with Gasteiger partial charge in [-0.2, -0.15) is 0 Å². The van der Waals surface area contributed by atoms with Crippen molar-refractivity contribution in [2.75, 3.05) is 14.2 Å². The van der Waals surface area contributed by atoms with Crippen LogP contribution in [0.25, 0.3) is 5.57 Å². The van der Waals surface area contributed by atoms with Gasteiger partial charge in [0.15, 0.2) is 0 Å². The summed E-state index contributed by atoms with van der Waals surface area (Å²) in [5, 5.41) is 0.128. The van der Waals surface area contributed by atoms with Crippen molar-refractivity contribution in [3.05, 3.63) is 60.2 Å². The average molecular weight is 371 g/mol. The van der Waals surface area contributed by atoms with Gasteiger partial charge in [-0.25, -0.2) is 0 Å². The molecular weight excluding hydrogens is 340 g/mol. The Hall–Kier alpha value is -2.20. The summed E-state index contributed by atoms with van der Waals surface area (Å²) in [6.45, 7) is 15.5. The van der Waals surface area contributed by atoms with Gasteiger partial charge in [0.05, 0.1) is 14.2 Å². The van der Waals surface area contributed by atoms with Crippen molar-refractivity contribution in [1.82, 2.24) is 0 Å². The average Bonchev–Trinajstić information content (AvgIpc) is 2.59. The summed E-state index contributed by atoms with van der Waals surface area (Å²) in [5.74, 6) is 2.43. The van der Waals surface area contributed by atoms with E-state index in [9.17, 15) is 0 Å². The molecule has 26 heavy (non-hydrogen) atoms. The van der Waals surface area contributed by atoms with E-state index in [1.165, 1.54) is 0 Å². The van der Waals surface area contributed by atoms with E-state index in [1.54, 1.807) is 14.2 Å². The third-order valence-electron chi connectivity index (χ3n) is 5.08. The van der Waals surface area contributed by atoms with Crippen LogP contribution in [0, 0.1) is 0 Å². The minimum absolute atomic E-state index is 0.128. The highest BCUT2D eigenvalue weighted by atomic mass is 28.4. The number of methoxy groups -OCH3 is 2. The largest absolute Gasteiger partial charge is 0.543 e. The van der Waals surface area contributed by atoms with E-state index in [4.69, 9.17) is 13.9 Å². The van der Waals surface area contributed by atoms with E-state index in [1.807, 2.05) is 36.4 Å². The maximum absolute atomic E-state index is 6.47. The van der Waals surface area contributed by atoms with Crippen LogP contribution in [-0.2, 0) is 0 Å². The van der Waals surface area contributed by atoms with Gasteiger partial charge in [-0.1, -0.05) is 39.5 Å². The van der Waals surface area contributed by atoms with Crippen molar-refractivity contribution in [1.29, 1.82) is 0 Å². The first-order chi connectivity index (χ1) is 12.1. The zero-order valence-corrected chi connectivity index (χ0v) is 18.0. The van der Waals surface area contributed by atoms with E-state index in [0.717, 1.165) is 33.9 Å². The lowest BCUT2D eigenvalue weighted by atomic mass is 9.99. The van der Waals surface area contributed by atoms with Gasteiger partial charge in [-0.15, -0.1) is 0 Å². The van der Waals surface area contributed by atoms with Crippen molar-refractivity contribution in [3.8, 4) is 17.2 Å². The second-order valence-electron chi connectivity index (χ2n) is 7.97. The topological polar surface area (TPSA) is 27.7 Å². The van der Waals surface area contributed by atoms with Gasteiger partial charge in [-0.3, -0.25) is 0 Å². The molecule has 0 aliphatic heterocycles. The molecule has 2 aromatic carbocycles. The normalized spacial score (nSPS) is 11.8. The molecule has 0 spiro atoms. The Morgan fingerprint density at radius 1 is 0.808 bits per heavy atom. The molecule has 0 atom stereocenters. The summed E-state index contributed by atoms with van der Waals surface area (Å²) >= 11 is 0. The van der Waals surface area contributed by atoms with Crippen LogP contribution in [0.4, 0.5) is 0 Å². The maximum Gasteiger partial charge on any atom is 0.250 e. The summed E-state index contributed by atoms with van der Waals surface area (Å²) in [6, 6.07) is 13.9. The van der Waals surface area contributed by atoms with Gasteiger partial charge in [0.1, 0.15) is 17.2 Å². The Bertz CT molecular complexity index is 771. The third kappa shape index (κ3) is 4.49. The van der Waals surface area contributed by atoms with Crippen molar-refractivity contribution < 1.29 is 13.9 Å². The first-order valence-electron chi connectivity index (χ1n) is 8.79. The van der Waals surface area contributed by atoms with Crippen molar-refractivity contribution in [2.45, 2.75) is 38.9 Å². The fourth-order valence-corrected chi connectivity index (χ4v) is 3.34. The molecule has 0 aromatic heterocycles. The van der Waals surface area contributed by atoms with E-state index >= 15 is 0 Å². The molecule has 0 saturated heterocycles. The van der Waals surface area contributed by atoms with E-state index in [0.29, 0.717) is 0 Å². The van der Waals surface area contributed by atoms with E-state index in [-0.39, 0.29) is 5.04 Å². The molecule has 140 valence electrons. The minimum atomic E-state index is -1.93. The highest BCUT2D eigenvalue weighted by molar-refractivity contribution is 6.74. The van der Waals surface area contributed by atoms with Crippen LogP contribution in [0.3, 0.4) is 0 Å². The van der Waals surface area contributed by atoms with Gasteiger partial charge in [0, 0.05) is 6.07 Å². The van der Waals surface area contributed by atoms with E-state index in [2.05, 4.69) is 46.5 Å². The van der Waals surface area contributed by atoms with Crippen molar-refractivity contribution in [3.63, 3.8) is 0 Å². The Balaban J connectivity index is 2.38. The van der Waals surface area contributed by atoms with Gasteiger partial charge in [0.25, 0.3) is 0 Å². The summed E-state index contributed by atoms with van der Waals surface area (Å²) in [7, 11) is 1.40. The second kappa shape index (κ2) is 7.58. The van der Waals surface area contributed by atoms with Crippen LogP contribution in [-0.4, -0.2) is 22.5 Å². The molecule has 0 bridgehead atoms. The molecule has 0 aliphatic carbocycles. The van der Waals surface area contributed by atoms with Gasteiger partial charge in [0.2, 0.25) is 8.32 Å². The lowest BCUT2D eigenvalue weighted by Crippen LogP contribution is -2.43. The highest BCUT2D eigenvalue weighted by Gasteiger charge is 2.39. The summed E-state index contributed by atoms with van der Waals surface area (Å²) in [6.07, 6.45) is 0. The summed E-state index contributed by atoms with van der Waals surface area (Å²) in [5.41, 5.74) is 2.95. The first-order valence-corrected chi connectivity index (χ1v) is 11.7. The summed E-state index contributed by atoms with van der Waals surface area (Å²) in [4.78, 5) is 0. The summed E-state index contributed by atoms with van der Waals surface area (Å²) < 4.78 is 17.2. The predicted molar refractivity (Wildman–Crippen MR) is 112 cm³/mol. The fraction of sp³-hybridized carbons (Fsp3) is 0.364. The lowest BCUT2D eigenvalue weighted by molar-refractivity contribution is 0.410. The fourth-order valence-electron chi connectivity index (χ4n) is 2.33. The molecule has 0 heterocycles. The molecule has 0 amide bonds. The standard InChI is InChI=1S/C22H30O3Si/c1-16(17-9-11-19(23-5)12-10-17)18-13-20(24-6)15-21(14-18)25-26(7,8)22(2,3)4/h9-15H,1H2,2-8H3. The van der Waals surface area contributed by atoms with Crippen LogP contribution in [0.15, 0.2) is 49.0 Å². The number of rotatable bonds is 6. The lowest BCUT2D eigenvalue weighted by Gasteiger charge is -2.36. The molecule has 0 aliphatic rings. The molecule has 0 fully saturated rings. The Kier molecular flexibility index (Phi) is 5.86. The number of hydrogen-bond acceptors (Lipinski definition) is 3.